The van der Waals surface area contributed by atoms with Gasteiger partial charge in [-0.05, 0) is 42.5 Å². The van der Waals surface area contributed by atoms with Crippen LogP contribution in [0.25, 0.3) is 0 Å². The molecule has 0 saturated heterocycles. The average molecular weight is 308 g/mol. The highest BCUT2D eigenvalue weighted by Gasteiger charge is 2.15. The van der Waals surface area contributed by atoms with Gasteiger partial charge in [0.05, 0.1) is 0 Å². The smallest absolute Gasteiger partial charge is 0.226 e. The molecule has 1 aromatic carbocycles. The number of hydrogen-bond acceptors (Lipinski definition) is 4. The monoisotopic (exact) mass is 307 g/mol. The summed E-state index contributed by atoms with van der Waals surface area (Å²) in [7, 11) is 0. The van der Waals surface area contributed by atoms with Crippen LogP contribution in [0.4, 0.5) is 0 Å². The van der Waals surface area contributed by atoms with Gasteiger partial charge in [0, 0.05) is 17.9 Å². The van der Waals surface area contributed by atoms with E-state index in [4.69, 9.17) is 21.9 Å². The molecule has 0 aliphatic heterocycles. The van der Waals surface area contributed by atoms with Crippen molar-refractivity contribution in [1.82, 2.24) is 10.1 Å². The van der Waals surface area contributed by atoms with Crippen molar-refractivity contribution in [2.45, 2.75) is 33.1 Å². The van der Waals surface area contributed by atoms with Crippen molar-refractivity contribution in [3.05, 3.63) is 46.6 Å². The third-order valence-corrected chi connectivity index (χ3v) is 3.60. The third kappa shape index (κ3) is 5.14. The molecule has 2 N–H and O–H groups in total. The first-order chi connectivity index (χ1) is 10.1. The molecule has 5 heteroatoms. The van der Waals surface area contributed by atoms with Crippen LogP contribution in [-0.4, -0.2) is 16.7 Å². The summed E-state index contributed by atoms with van der Waals surface area (Å²) in [6.45, 7) is 5.03. The predicted molar refractivity (Wildman–Crippen MR) is 84.3 cm³/mol. The van der Waals surface area contributed by atoms with Gasteiger partial charge in [-0.15, -0.1) is 0 Å². The molecule has 0 bridgehead atoms. The molecule has 4 nitrogen and oxygen atoms in total. The summed E-state index contributed by atoms with van der Waals surface area (Å²) in [5.41, 5.74) is 6.89. The van der Waals surface area contributed by atoms with E-state index in [1.54, 1.807) is 0 Å². The average Bonchev–Trinajstić information content (AvgIpc) is 2.84. The van der Waals surface area contributed by atoms with Gasteiger partial charge in [-0.2, -0.15) is 4.98 Å². The maximum Gasteiger partial charge on any atom is 0.226 e. The van der Waals surface area contributed by atoms with Crippen LogP contribution < -0.4 is 5.73 Å². The Bertz CT molecular complexity index is 568. The van der Waals surface area contributed by atoms with E-state index >= 15 is 0 Å². The van der Waals surface area contributed by atoms with E-state index in [1.807, 2.05) is 24.3 Å². The minimum absolute atomic E-state index is 0.393. The molecule has 0 aliphatic rings. The van der Waals surface area contributed by atoms with E-state index in [9.17, 15) is 0 Å². The van der Waals surface area contributed by atoms with Crippen molar-refractivity contribution in [3.63, 3.8) is 0 Å². The predicted octanol–water partition coefficient (Wildman–Crippen LogP) is 3.48. The van der Waals surface area contributed by atoms with Gasteiger partial charge in [-0.25, -0.2) is 0 Å². The molecular formula is C16H22ClN3O. The molecule has 1 aromatic heterocycles. The van der Waals surface area contributed by atoms with Gasteiger partial charge in [-0.1, -0.05) is 42.7 Å². The molecule has 114 valence electrons. The molecule has 1 atom stereocenters. The van der Waals surface area contributed by atoms with E-state index in [0.717, 1.165) is 23.4 Å². The Kier molecular flexibility index (Phi) is 5.76. The molecule has 0 fully saturated rings. The van der Waals surface area contributed by atoms with Crippen molar-refractivity contribution >= 4 is 11.6 Å². The molecule has 0 saturated carbocycles. The third-order valence-electron chi connectivity index (χ3n) is 3.36. The Morgan fingerprint density at radius 1 is 1.33 bits per heavy atom. The summed E-state index contributed by atoms with van der Waals surface area (Å²) >= 11 is 5.97. The zero-order valence-corrected chi connectivity index (χ0v) is 13.3. The van der Waals surface area contributed by atoms with Crippen LogP contribution in [0.5, 0.6) is 0 Å². The van der Waals surface area contributed by atoms with Crippen LogP contribution in [0.3, 0.4) is 0 Å². The lowest BCUT2D eigenvalue weighted by molar-refractivity contribution is 0.329. The Labute approximate surface area is 130 Å². The van der Waals surface area contributed by atoms with E-state index in [0.29, 0.717) is 36.5 Å². The highest BCUT2D eigenvalue weighted by molar-refractivity contribution is 6.30. The van der Waals surface area contributed by atoms with E-state index in [-0.39, 0.29) is 0 Å². The largest absolute Gasteiger partial charge is 0.339 e. The molecule has 21 heavy (non-hydrogen) atoms. The number of benzene rings is 1. The zero-order valence-electron chi connectivity index (χ0n) is 12.6. The molecule has 2 aromatic rings. The molecule has 0 radical (unpaired) electrons. The van der Waals surface area contributed by atoms with E-state index < -0.39 is 0 Å². The molecule has 0 aliphatic carbocycles. The maximum atomic E-state index is 5.97. The minimum atomic E-state index is 0.393. The highest BCUT2D eigenvalue weighted by Crippen LogP contribution is 2.17. The van der Waals surface area contributed by atoms with Gasteiger partial charge >= 0.3 is 0 Å². The first kappa shape index (κ1) is 16.0. The highest BCUT2D eigenvalue weighted by atomic mass is 35.5. The summed E-state index contributed by atoms with van der Waals surface area (Å²) in [6.07, 6.45) is 2.45. The summed E-state index contributed by atoms with van der Waals surface area (Å²) in [5.74, 6) is 2.37. The topological polar surface area (TPSA) is 64.9 Å². The Morgan fingerprint density at radius 3 is 2.81 bits per heavy atom. The van der Waals surface area contributed by atoms with Crippen molar-refractivity contribution in [3.8, 4) is 0 Å². The van der Waals surface area contributed by atoms with Crippen molar-refractivity contribution in [2.24, 2.45) is 17.6 Å². The van der Waals surface area contributed by atoms with Crippen LogP contribution >= 0.6 is 11.6 Å². The number of aromatic nitrogens is 2. The number of nitrogens with zero attached hydrogens (tertiary/aromatic N) is 2. The minimum Gasteiger partial charge on any atom is -0.339 e. The van der Waals surface area contributed by atoms with Crippen LogP contribution in [-0.2, 0) is 12.8 Å². The number of hydrogen-bond donors (Lipinski definition) is 1. The van der Waals surface area contributed by atoms with Gasteiger partial charge < -0.3 is 10.3 Å². The van der Waals surface area contributed by atoms with Gasteiger partial charge in [0.25, 0.3) is 0 Å². The first-order valence-electron chi connectivity index (χ1n) is 7.32. The second-order valence-electron chi connectivity index (χ2n) is 5.85. The molecular weight excluding hydrogens is 286 g/mol. The molecule has 2 rings (SSSR count). The lowest BCUT2D eigenvalue weighted by atomic mass is 9.94. The number of halogens is 1. The summed E-state index contributed by atoms with van der Waals surface area (Å²) in [6, 6.07) is 7.69. The van der Waals surface area contributed by atoms with Crippen molar-refractivity contribution in [1.29, 1.82) is 0 Å². The summed E-state index contributed by atoms with van der Waals surface area (Å²) in [5, 5.41) is 4.76. The van der Waals surface area contributed by atoms with Gasteiger partial charge in [0.15, 0.2) is 5.82 Å². The van der Waals surface area contributed by atoms with Crippen LogP contribution in [0.1, 0.15) is 37.5 Å². The second-order valence-corrected chi connectivity index (χ2v) is 6.28. The Balaban J connectivity index is 1.97. The van der Waals surface area contributed by atoms with Crippen molar-refractivity contribution < 1.29 is 4.52 Å². The van der Waals surface area contributed by atoms with Gasteiger partial charge in [0.2, 0.25) is 5.89 Å². The fraction of sp³-hybridized carbons (Fsp3) is 0.500. The second kappa shape index (κ2) is 7.57. The van der Waals surface area contributed by atoms with Crippen LogP contribution in [0, 0.1) is 11.8 Å². The summed E-state index contributed by atoms with van der Waals surface area (Å²) < 4.78 is 5.33. The summed E-state index contributed by atoms with van der Waals surface area (Å²) in [4.78, 5) is 4.45. The normalized spacial score (nSPS) is 12.8. The molecule has 0 unspecified atom stereocenters. The standard InChI is InChI=1S/C16H22ClN3O/c1-11(2)6-13(10-18)9-16-19-15(20-21-16)8-12-4-3-5-14(17)7-12/h3-5,7,11,13H,6,8-10,18H2,1-2H3/t13-/m0/s1. The van der Waals surface area contributed by atoms with Crippen LogP contribution in [0.15, 0.2) is 28.8 Å². The quantitative estimate of drug-likeness (QED) is 0.850. The lowest BCUT2D eigenvalue weighted by Crippen LogP contribution is -2.19. The zero-order chi connectivity index (χ0) is 15.2. The van der Waals surface area contributed by atoms with Gasteiger partial charge in [-0.3, -0.25) is 0 Å². The fourth-order valence-electron chi connectivity index (χ4n) is 2.45. The first-order valence-corrected chi connectivity index (χ1v) is 7.70. The van der Waals surface area contributed by atoms with E-state index in [1.165, 1.54) is 0 Å². The Morgan fingerprint density at radius 2 is 2.14 bits per heavy atom. The molecule has 0 amide bonds. The number of rotatable bonds is 7. The molecule has 0 spiro atoms. The lowest BCUT2D eigenvalue weighted by Gasteiger charge is -2.14. The Hall–Kier alpha value is -1.39. The number of nitrogens with two attached hydrogens (primary N) is 1. The fourth-order valence-corrected chi connectivity index (χ4v) is 2.66. The molecule has 1 heterocycles. The van der Waals surface area contributed by atoms with Crippen molar-refractivity contribution in [2.75, 3.05) is 6.54 Å². The maximum absolute atomic E-state index is 5.97. The van der Waals surface area contributed by atoms with Crippen LogP contribution in [0.2, 0.25) is 5.02 Å². The van der Waals surface area contributed by atoms with E-state index in [2.05, 4.69) is 24.0 Å². The van der Waals surface area contributed by atoms with Gasteiger partial charge in [0.1, 0.15) is 0 Å². The SMILES string of the molecule is CC(C)C[C@H](CN)Cc1nc(Cc2cccc(Cl)c2)no1.